The van der Waals surface area contributed by atoms with Crippen molar-refractivity contribution < 1.29 is 9.47 Å². The van der Waals surface area contributed by atoms with Gasteiger partial charge >= 0.3 is 0 Å². The number of hydrogen-bond donors (Lipinski definition) is 0. The maximum atomic E-state index is 6.15. The van der Waals surface area contributed by atoms with Crippen LogP contribution in [0.1, 0.15) is 42.6 Å². The van der Waals surface area contributed by atoms with Gasteiger partial charge in [-0.3, -0.25) is 4.90 Å². The molecule has 0 saturated carbocycles. The zero-order chi connectivity index (χ0) is 13.5. The number of morpholine rings is 1. The minimum atomic E-state index is 0.258. The van der Waals surface area contributed by atoms with Crippen LogP contribution in [-0.4, -0.2) is 37.2 Å². The molecule has 1 saturated heterocycles. The standard InChI is InChI=1S/C17H23NO2/c1-2-6-18-7-9-20-17-14-11-16-13(5-8-19-16)10-12(14)3-4-15(17)18/h10-11,15,17H,2-9H2,1H3/t15-,17-/m1/s1. The normalized spacial score (nSPS) is 28.4. The van der Waals surface area contributed by atoms with E-state index in [2.05, 4.69) is 24.0 Å². The molecule has 0 N–H and O–H groups in total. The zero-order valence-electron chi connectivity index (χ0n) is 12.2. The fourth-order valence-electron chi connectivity index (χ4n) is 4.04. The first kappa shape index (κ1) is 12.7. The Labute approximate surface area is 120 Å². The van der Waals surface area contributed by atoms with Crippen molar-refractivity contribution in [3.63, 3.8) is 0 Å². The summed E-state index contributed by atoms with van der Waals surface area (Å²) in [6, 6.07) is 5.20. The van der Waals surface area contributed by atoms with E-state index in [1.165, 1.54) is 42.5 Å². The molecule has 20 heavy (non-hydrogen) atoms. The highest BCUT2D eigenvalue weighted by molar-refractivity contribution is 5.47. The first-order valence-corrected chi connectivity index (χ1v) is 8.01. The van der Waals surface area contributed by atoms with Gasteiger partial charge in [-0.15, -0.1) is 0 Å². The zero-order valence-corrected chi connectivity index (χ0v) is 12.2. The van der Waals surface area contributed by atoms with Gasteiger partial charge in [0, 0.05) is 19.0 Å². The van der Waals surface area contributed by atoms with Crippen LogP contribution in [0.5, 0.6) is 5.75 Å². The lowest BCUT2D eigenvalue weighted by molar-refractivity contribution is -0.0801. The number of nitrogens with zero attached hydrogens (tertiary/aromatic N) is 1. The second-order valence-electron chi connectivity index (χ2n) is 6.19. The third-order valence-corrected chi connectivity index (χ3v) is 4.97. The quantitative estimate of drug-likeness (QED) is 0.827. The van der Waals surface area contributed by atoms with Crippen LogP contribution in [0, 0.1) is 0 Å². The first-order valence-electron chi connectivity index (χ1n) is 8.01. The smallest absolute Gasteiger partial charge is 0.123 e. The Bertz CT molecular complexity index is 512. The van der Waals surface area contributed by atoms with Gasteiger partial charge in [0.1, 0.15) is 5.75 Å². The molecule has 2 heterocycles. The molecule has 2 atom stereocenters. The number of rotatable bonds is 2. The minimum absolute atomic E-state index is 0.258. The molecule has 1 aromatic carbocycles. The van der Waals surface area contributed by atoms with Crippen LogP contribution in [0.3, 0.4) is 0 Å². The molecule has 1 aliphatic carbocycles. The van der Waals surface area contributed by atoms with E-state index in [4.69, 9.17) is 9.47 Å². The number of hydrogen-bond acceptors (Lipinski definition) is 3. The molecular formula is C17H23NO2. The number of fused-ring (bicyclic) bond motifs is 4. The molecular weight excluding hydrogens is 250 g/mol. The number of aryl methyl sites for hydroxylation is 1. The Hall–Kier alpha value is -1.06. The second-order valence-corrected chi connectivity index (χ2v) is 6.19. The highest BCUT2D eigenvalue weighted by Crippen LogP contribution is 2.41. The molecule has 1 fully saturated rings. The third-order valence-electron chi connectivity index (χ3n) is 4.97. The Morgan fingerprint density at radius 2 is 2.15 bits per heavy atom. The molecule has 1 aromatic rings. The summed E-state index contributed by atoms with van der Waals surface area (Å²) in [6.45, 7) is 6.25. The van der Waals surface area contributed by atoms with Crippen LogP contribution in [0.4, 0.5) is 0 Å². The van der Waals surface area contributed by atoms with E-state index in [-0.39, 0.29) is 6.10 Å². The van der Waals surface area contributed by atoms with Gasteiger partial charge < -0.3 is 9.47 Å². The lowest BCUT2D eigenvalue weighted by atomic mass is 9.83. The van der Waals surface area contributed by atoms with Gasteiger partial charge in [-0.1, -0.05) is 13.0 Å². The van der Waals surface area contributed by atoms with Crippen molar-refractivity contribution in [3.8, 4) is 5.75 Å². The summed E-state index contributed by atoms with van der Waals surface area (Å²) in [4.78, 5) is 2.63. The average molecular weight is 273 g/mol. The van der Waals surface area contributed by atoms with Crippen molar-refractivity contribution in [2.24, 2.45) is 0 Å². The summed E-state index contributed by atoms with van der Waals surface area (Å²) in [6.07, 6.45) is 4.97. The predicted octanol–water partition coefficient (Wildman–Crippen LogP) is 2.72. The van der Waals surface area contributed by atoms with E-state index in [0.29, 0.717) is 6.04 Å². The Morgan fingerprint density at radius 1 is 1.20 bits per heavy atom. The van der Waals surface area contributed by atoms with Crippen LogP contribution in [-0.2, 0) is 17.6 Å². The summed E-state index contributed by atoms with van der Waals surface area (Å²) in [5, 5.41) is 0. The third kappa shape index (κ3) is 1.95. The van der Waals surface area contributed by atoms with Gasteiger partial charge in [-0.05, 0) is 48.6 Å². The maximum absolute atomic E-state index is 6.15. The topological polar surface area (TPSA) is 21.7 Å². The molecule has 0 unspecified atom stereocenters. The summed E-state index contributed by atoms with van der Waals surface area (Å²) < 4.78 is 11.9. The molecule has 4 rings (SSSR count). The van der Waals surface area contributed by atoms with E-state index >= 15 is 0 Å². The maximum Gasteiger partial charge on any atom is 0.123 e. The Balaban J connectivity index is 1.69. The van der Waals surface area contributed by atoms with Gasteiger partial charge in [0.15, 0.2) is 0 Å². The van der Waals surface area contributed by atoms with Crippen LogP contribution in [0.25, 0.3) is 0 Å². The number of ether oxygens (including phenoxy) is 2. The fourth-order valence-corrected chi connectivity index (χ4v) is 4.04. The average Bonchev–Trinajstić information content (AvgIpc) is 2.92. The van der Waals surface area contributed by atoms with E-state index in [1.807, 2.05) is 0 Å². The van der Waals surface area contributed by atoms with Gasteiger partial charge in [0.05, 0.1) is 19.3 Å². The lowest BCUT2D eigenvalue weighted by Gasteiger charge is -2.44. The van der Waals surface area contributed by atoms with Crippen LogP contribution >= 0.6 is 0 Å². The molecule has 0 amide bonds. The molecule has 2 aliphatic heterocycles. The Morgan fingerprint density at radius 3 is 3.05 bits per heavy atom. The van der Waals surface area contributed by atoms with E-state index in [1.54, 1.807) is 0 Å². The summed E-state index contributed by atoms with van der Waals surface area (Å²) in [5.74, 6) is 1.10. The van der Waals surface area contributed by atoms with E-state index in [9.17, 15) is 0 Å². The van der Waals surface area contributed by atoms with E-state index in [0.717, 1.165) is 31.9 Å². The monoisotopic (exact) mass is 273 g/mol. The van der Waals surface area contributed by atoms with Crippen molar-refractivity contribution in [1.82, 2.24) is 4.90 Å². The summed E-state index contributed by atoms with van der Waals surface area (Å²) in [7, 11) is 0. The molecule has 3 heteroatoms. The molecule has 0 radical (unpaired) electrons. The van der Waals surface area contributed by atoms with E-state index < -0.39 is 0 Å². The Kier molecular flexibility index (Phi) is 3.20. The van der Waals surface area contributed by atoms with Gasteiger partial charge in [0.25, 0.3) is 0 Å². The minimum Gasteiger partial charge on any atom is -0.493 e. The second kappa shape index (κ2) is 5.05. The largest absolute Gasteiger partial charge is 0.493 e. The molecule has 3 nitrogen and oxygen atoms in total. The van der Waals surface area contributed by atoms with Crippen LogP contribution in [0.2, 0.25) is 0 Å². The van der Waals surface area contributed by atoms with Crippen molar-refractivity contribution >= 4 is 0 Å². The van der Waals surface area contributed by atoms with Gasteiger partial charge in [-0.25, -0.2) is 0 Å². The fraction of sp³-hybridized carbons (Fsp3) is 0.647. The summed E-state index contributed by atoms with van der Waals surface area (Å²) >= 11 is 0. The lowest BCUT2D eigenvalue weighted by Crippen LogP contribution is -2.49. The van der Waals surface area contributed by atoms with Crippen LogP contribution in [0.15, 0.2) is 12.1 Å². The predicted molar refractivity (Wildman–Crippen MR) is 78.3 cm³/mol. The van der Waals surface area contributed by atoms with Gasteiger partial charge in [0.2, 0.25) is 0 Å². The highest BCUT2D eigenvalue weighted by atomic mass is 16.5. The molecule has 0 spiro atoms. The molecule has 108 valence electrons. The molecule has 3 aliphatic rings. The first-order chi connectivity index (χ1) is 9.86. The van der Waals surface area contributed by atoms with Crippen molar-refractivity contribution in [2.75, 3.05) is 26.3 Å². The summed E-state index contributed by atoms with van der Waals surface area (Å²) in [5.41, 5.74) is 4.28. The SMILES string of the molecule is CCCN1CCO[C@@H]2c3cc4c(cc3CC[C@H]21)CCO4. The highest BCUT2D eigenvalue weighted by Gasteiger charge is 2.37. The van der Waals surface area contributed by atoms with Crippen molar-refractivity contribution in [2.45, 2.75) is 44.8 Å². The van der Waals surface area contributed by atoms with Gasteiger partial charge in [-0.2, -0.15) is 0 Å². The van der Waals surface area contributed by atoms with Crippen LogP contribution < -0.4 is 4.74 Å². The van der Waals surface area contributed by atoms with Crippen molar-refractivity contribution in [3.05, 3.63) is 28.8 Å². The van der Waals surface area contributed by atoms with Crippen molar-refractivity contribution in [1.29, 1.82) is 0 Å². The number of benzene rings is 1. The molecule has 0 aromatic heterocycles. The molecule has 0 bridgehead atoms.